The molecule has 0 unspecified atom stereocenters. The predicted octanol–water partition coefficient (Wildman–Crippen LogP) is -2.29. The first-order chi connectivity index (χ1) is 8.91. The second-order valence-corrected chi connectivity index (χ2v) is 4.68. The number of likely N-dealkylation sites (N-methyl/N-ethyl adjacent to an activating group) is 1. The fraction of sp³-hybridized carbons (Fsp3) is 0.727. The van der Waals surface area contributed by atoms with Gasteiger partial charge in [-0.1, -0.05) is 0 Å². The van der Waals surface area contributed by atoms with E-state index in [9.17, 15) is 9.59 Å². The molecule has 8 nitrogen and oxygen atoms in total. The maximum absolute atomic E-state index is 12.0. The van der Waals surface area contributed by atoms with E-state index in [4.69, 9.17) is 17.2 Å². The molecule has 0 bridgehead atoms. The first kappa shape index (κ1) is 15.2. The molecule has 0 aromatic carbocycles. The standard InChI is InChI=1S/C11H22N6O2/c1-17-7(3-2-4-15-11(13)14)6-16-8(10(17)19)5-9(12)18/h7-8,16H,2-6H2,1H3,(H2,12,18)(H4,13,14,15)/t7-,8-/m0/s1. The highest BCUT2D eigenvalue weighted by atomic mass is 16.2. The summed E-state index contributed by atoms with van der Waals surface area (Å²) in [4.78, 5) is 28.4. The molecule has 1 aliphatic heterocycles. The average Bonchev–Trinajstić information content (AvgIpc) is 2.32. The highest BCUT2D eigenvalue weighted by molar-refractivity contribution is 5.88. The molecule has 1 heterocycles. The smallest absolute Gasteiger partial charge is 0.240 e. The van der Waals surface area contributed by atoms with Crippen molar-refractivity contribution in [3.8, 4) is 0 Å². The molecule has 8 heteroatoms. The minimum absolute atomic E-state index is 0.0316. The lowest BCUT2D eigenvalue weighted by Gasteiger charge is -2.37. The van der Waals surface area contributed by atoms with Crippen molar-refractivity contribution in [2.45, 2.75) is 31.3 Å². The van der Waals surface area contributed by atoms with E-state index < -0.39 is 11.9 Å². The average molecular weight is 270 g/mol. The van der Waals surface area contributed by atoms with Gasteiger partial charge in [-0.3, -0.25) is 14.6 Å². The topological polar surface area (TPSA) is 140 Å². The van der Waals surface area contributed by atoms with Crippen LogP contribution in [0.1, 0.15) is 19.3 Å². The zero-order valence-electron chi connectivity index (χ0n) is 11.1. The first-order valence-corrected chi connectivity index (χ1v) is 6.25. The summed E-state index contributed by atoms with van der Waals surface area (Å²) >= 11 is 0. The zero-order chi connectivity index (χ0) is 14.4. The van der Waals surface area contributed by atoms with Crippen molar-refractivity contribution in [2.24, 2.45) is 22.2 Å². The fourth-order valence-corrected chi connectivity index (χ4v) is 2.12. The Hall–Kier alpha value is -1.83. The van der Waals surface area contributed by atoms with Crippen molar-refractivity contribution in [1.82, 2.24) is 10.2 Å². The predicted molar refractivity (Wildman–Crippen MR) is 72.1 cm³/mol. The molecule has 0 aromatic heterocycles. The Morgan fingerprint density at radius 1 is 1.47 bits per heavy atom. The van der Waals surface area contributed by atoms with Gasteiger partial charge in [0.15, 0.2) is 5.96 Å². The number of primary amides is 1. The van der Waals surface area contributed by atoms with E-state index in [-0.39, 0.29) is 24.3 Å². The highest BCUT2D eigenvalue weighted by Gasteiger charge is 2.32. The van der Waals surface area contributed by atoms with Crippen molar-refractivity contribution in [1.29, 1.82) is 0 Å². The molecular formula is C11H22N6O2. The van der Waals surface area contributed by atoms with Crippen LogP contribution in [0.25, 0.3) is 0 Å². The van der Waals surface area contributed by atoms with E-state index in [0.29, 0.717) is 13.1 Å². The molecule has 1 aliphatic rings. The summed E-state index contributed by atoms with van der Waals surface area (Å²) in [5, 5.41) is 3.05. The van der Waals surface area contributed by atoms with Crippen molar-refractivity contribution in [2.75, 3.05) is 20.1 Å². The molecule has 1 rings (SSSR count). The largest absolute Gasteiger partial charge is 0.370 e. The van der Waals surface area contributed by atoms with Gasteiger partial charge in [0, 0.05) is 26.2 Å². The Morgan fingerprint density at radius 3 is 2.74 bits per heavy atom. The number of nitrogens with one attached hydrogen (secondary N) is 1. The number of guanidine groups is 1. The van der Waals surface area contributed by atoms with E-state index in [1.165, 1.54) is 0 Å². The third-order valence-electron chi connectivity index (χ3n) is 3.19. The van der Waals surface area contributed by atoms with E-state index in [1.54, 1.807) is 11.9 Å². The van der Waals surface area contributed by atoms with Crippen molar-refractivity contribution in [3.05, 3.63) is 0 Å². The molecule has 0 radical (unpaired) electrons. The van der Waals surface area contributed by atoms with Crippen molar-refractivity contribution < 1.29 is 9.59 Å². The van der Waals surface area contributed by atoms with Crippen molar-refractivity contribution >= 4 is 17.8 Å². The van der Waals surface area contributed by atoms with Gasteiger partial charge in [0.25, 0.3) is 0 Å². The Balaban J connectivity index is 2.41. The number of carbonyl (C=O) groups is 2. The number of carbonyl (C=O) groups excluding carboxylic acids is 2. The maximum Gasteiger partial charge on any atom is 0.240 e. The molecule has 108 valence electrons. The molecule has 0 saturated carbocycles. The number of nitrogens with zero attached hydrogens (tertiary/aromatic N) is 2. The van der Waals surface area contributed by atoms with E-state index in [2.05, 4.69) is 10.3 Å². The quantitative estimate of drug-likeness (QED) is 0.244. The number of nitrogens with two attached hydrogens (primary N) is 3. The molecule has 2 amide bonds. The second kappa shape index (κ2) is 6.93. The molecular weight excluding hydrogens is 248 g/mol. The van der Waals surface area contributed by atoms with Gasteiger partial charge in [0.2, 0.25) is 11.8 Å². The Morgan fingerprint density at radius 2 is 2.16 bits per heavy atom. The molecule has 0 aromatic rings. The lowest BCUT2D eigenvalue weighted by molar-refractivity contribution is -0.139. The lowest BCUT2D eigenvalue weighted by Crippen LogP contribution is -2.59. The number of aliphatic imine (C=N–C) groups is 1. The molecule has 7 N–H and O–H groups in total. The van der Waals surface area contributed by atoms with Gasteiger partial charge in [-0.05, 0) is 12.8 Å². The van der Waals surface area contributed by atoms with Crippen molar-refractivity contribution in [3.63, 3.8) is 0 Å². The third-order valence-corrected chi connectivity index (χ3v) is 3.19. The summed E-state index contributed by atoms with van der Waals surface area (Å²) in [7, 11) is 1.74. The molecule has 0 spiro atoms. The summed E-state index contributed by atoms with van der Waals surface area (Å²) in [5.41, 5.74) is 15.6. The Labute approximate surface area is 112 Å². The van der Waals surface area contributed by atoms with Crippen LogP contribution in [0.5, 0.6) is 0 Å². The van der Waals surface area contributed by atoms with Crippen LogP contribution >= 0.6 is 0 Å². The molecule has 1 saturated heterocycles. The number of hydrogen-bond acceptors (Lipinski definition) is 4. The molecule has 2 atom stereocenters. The number of amides is 2. The van der Waals surface area contributed by atoms with Gasteiger partial charge in [-0.2, -0.15) is 0 Å². The summed E-state index contributed by atoms with van der Waals surface area (Å²) in [6.07, 6.45) is 1.63. The number of piperazine rings is 1. The minimum atomic E-state index is -0.503. The lowest BCUT2D eigenvalue weighted by atomic mass is 10.0. The van der Waals surface area contributed by atoms with E-state index in [0.717, 1.165) is 12.8 Å². The van der Waals surface area contributed by atoms with Crippen LogP contribution in [0, 0.1) is 0 Å². The normalized spacial score (nSPS) is 23.2. The van der Waals surface area contributed by atoms with Gasteiger partial charge < -0.3 is 27.4 Å². The van der Waals surface area contributed by atoms with E-state index >= 15 is 0 Å². The van der Waals surface area contributed by atoms with Crippen LogP contribution in [0.2, 0.25) is 0 Å². The van der Waals surface area contributed by atoms with Crippen LogP contribution in [0.15, 0.2) is 4.99 Å². The minimum Gasteiger partial charge on any atom is -0.370 e. The monoisotopic (exact) mass is 270 g/mol. The Kier molecular flexibility index (Phi) is 5.56. The maximum atomic E-state index is 12.0. The molecule has 19 heavy (non-hydrogen) atoms. The third kappa shape index (κ3) is 4.74. The van der Waals surface area contributed by atoms with E-state index in [1.807, 2.05) is 0 Å². The Bertz CT molecular complexity index is 366. The summed E-state index contributed by atoms with van der Waals surface area (Å²) in [6, 6.07) is -0.415. The molecule has 1 fully saturated rings. The van der Waals surface area contributed by atoms with Gasteiger partial charge in [0.05, 0.1) is 12.5 Å². The van der Waals surface area contributed by atoms with Gasteiger partial charge in [-0.25, -0.2) is 0 Å². The second-order valence-electron chi connectivity index (χ2n) is 4.68. The number of hydrogen-bond donors (Lipinski definition) is 4. The van der Waals surface area contributed by atoms with Crippen LogP contribution in [0.3, 0.4) is 0 Å². The first-order valence-electron chi connectivity index (χ1n) is 6.25. The summed E-state index contributed by atoms with van der Waals surface area (Å²) < 4.78 is 0. The zero-order valence-corrected chi connectivity index (χ0v) is 11.1. The van der Waals surface area contributed by atoms with Gasteiger partial charge >= 0.3 is 0 Å². The fourth-order valence-electron chi connectivity index (χ4n) is 2.12. The van der Waals surface area contributed by atoms with Crippen LogP contribution in [-0.4, -0.2) is 54.9 Å². The summed E-state index contributed by atoms with van der Waals surface area (Å²) in [6.45, 7) is 1.19. The molecule has 0 aliphatic carbocycles. The SMILES string of the molecule is CN1C(=O)[C@H](CC(N)=O)NC[C@@H]1CCCN=C(N)N. The van der Waals surface area contributed by atoms with Crippen LogP contribution < -0.4 is 22.5 Å². The number of rotatable bonds is 6. The van der Waals surface area contributed by atoms with Gasteiger partial charge in [0.1, 0.15) is 0 Å². The highest BCUT2D eigenvalue weighted by Crippen LogP contribution is 2.13. The summed E-state index contributed by atoms with van der Waals surface area (Å²) in [5.74, 6) is -0.505. The van der Waals surface area contributed by atoms with Crippen LogP contribution in [0.4, 0.5) is 0 Å². The van der Waals surface area contributed by atoms with Gasteiger partial charge in [-0.15, -0.1) is 0 Å². The van der Waals surface area contributed by atoms with Crippen LogP contribution in [-0.2, 0) is 9.59 Å².